The molecule has 1 aromatic rings. The van der Waals surface area contributed by atoms with E-state index in [1.807, 2.05) is 24.3 Å². The van der Waals surface area contributed by atoms with E-state index in [4.69, 9.17) is 0 Å². The van der Waals surface area contributed by atoms with E-state index < -0.39 is 0 Å². The van der Waals surface area contributed by atoms with Gasteiger partial charge in [0.2, 0.25) is 5.91 Å². The lowest BCUT2D eigenvalue weighted by Crippen LogP contribution is -2.29. The van der Waals surface area contributed by atoms with Crippen molar-refractivity contribution in [2.45, 2.75) is 26.2 Å². The zero-order valence-corrected chi connectivity index (χ0v) is 10.3. The molecule has 0 aliphatic heterocycles. The predicted molar refractivity (Wildman–Crippen MR) is 70.0 cm³/mol. The maximum Gasteiger partial charge on any atom is 0.238 e. The number of para-hydroxylation sites is 1. The van der Waals surface area contributed by atoms with E-state index in [1.54, 1.807) is 0 Å². The molecule has 0 aromatic heterocycles. The van der Waals surface area contributed by atoms with Crippen LogP contribution in [0.2, 0.25) is 0 Å². The largest absolute Gasteiger partial charge is 0.325 e. The lowest BCUT2D eigenvalue weighted by atomic mass is 10.1. The van der Waals surface area contributed by atoms with Crippen molar-refractivity contribution in [1.82, 2.24) is 5.32 Å². The second-order valence-electron chi connectivity index (χ2n) is 4.63. The molecule has 1 saturated carbocycles. The minimum absolute atomic E-state index is 0.0477. The molecule has 1 aromatic carbocycles. The number of rotatable bonds is 6. The standard InChI is InChI=1S/C14H20N2O/c1-2-12-5-3-4-6-13(12)16-14(17)10-15-9-11-7-8-11/h3-6,11,15H,2,7-10H2,1H3,(H,16,17). The van der Waals surface area contributed by atoms with Crippen LogP contribution in [0, 0.1) is 5.92 Å². The van der Waals surface area contributed by atoms with Crippen LogP contribution >= 0.6 is 0 Å². The van der Waals surface area contributed by atoms with Gasteiger partial charge in [0.25, 0.3) is 0 Å². The summed E-state index contributed by atoms with van der Waals surface area (Å²) in [5, 5.41) is 6.15. The zero-order valence-electron chi connectivity index (χ0n) is 10.3. The number of benzene rings is 1. The summed E-state index contributed by atoms with van der Waals surface area (Å²) in [5.74, 6) is 0.859. The Morgan fingerprint density at radius 1 is 1.35 bits per heavy atom. The molecule has 1 aliphatic carbocycles. The number of nitrogens with one attached hydrogen (secondary N) is 2. The van der Waals surface area contributed by atoms with Gasteiger partial charge in [0.05, 0.1) is 6.54 Å². The second-order valence-corrected chi connectivity index (χ2v) is 4.63. The van der Waals surface area contributed by atoms with Gasteiger partial charge in [0.15, 0.2) is 0 Å². The van der Waals surface area contributed by atoms with Gasteiger partial charge in [-0.3, -0.25) is 4.79 Å². The van der Waals surface area contributed by atoms with Crippen LogP contribution in [-0.4, -0.2) is 19.0 Å². The summed E-state index contributed by atoms with van der Waals surface area (Å²) in [6.45, 7) is 3.48. The van der Waals surface area contributed by atoms with Gasteiger partial charge in [0, 0.05) is 5.69 Å². The molecule has 0 bridgehead atoms. The average molecular weight is 232 g/mol. The molecule has 0 saturated heterocycles. The number of hydrogen-bond donors (Lipinski definition) is 2. The summed E-state index contributed by atoms with van der Waals surface area (Å²) in [4.78, 5) is 11.7. The van der Waals surface area contributed by atoms with Crippen LogP contribution in [0.15, 0.2) is 24.3 Å². The van der Waals surface area contributed by atoms with Crippen LogP contribution < -0.4 is 10.6 Å². The van der Waals surface area contributed by atoms with Crippen LogP contribution in [0.25, 0.3) is 0 Å². The third-order valence-electron chi connectivity index (χ3n) is 3.09. The van der Waals surface area contributed by atoms with E-state index in [1.165, 1.54) is 18.4 Å². The molecule has 2 rings (SSSR count). The van der Waals surface area contributed by atoms with Crippen molar-refractivity contribution in [2.24, 2.45) is 5.92 Å². The fourth-order valence-electron chi connectivity index (χ4n) is 1.86. The highest BCUT2D eigenvalue weighted by atomic mass is 16.1. The van der Waals surface area contributed by atoms with E-state index >= 15 is 0 Å². The van der Waals surface area contributed by atoms with Crippen LogP contribution in [-0.2, 0) is 11.2 Å². The molecular weight excluding hydrogens is 212 g/mol. The normalized spacial score (nSPS) is 14.6. The highest BCUT2D eigenvalue weighted by Gasteiger charge is 2.20. The van der Waals surface area contributed by atoms with Gasteiger partial charge in [-0.2, -0.15) is 0 Å². The molecule has 0 atom stereocenters. The third-order valence-corrected chi connectivity index (χ3v) is 3.09. The number of hydrogen-bond acceptors (Lipinski definition) is 2. The minimum Gasteiger partial charge on any atom is -0.325 e. The van der Waals surface area contributed by atoms with Crippen LogP contribution in [0.4, 0.5) is 5.69 Å². The lowest BCUT2D eigenvalue weighted by molar-refractivity contribution is -0.115. The Bertz CT molecular complexity index is 386. The molecule has 2 N–H and O–H groups in total. The van der Waals surface area contributed by atoms with Gasteiger partial charge in [-0.05, 0) is 43.4 Å². The minimum atomic E-state index is 0.0477. The Labute approximate surface area is 103 Å². The highest BCUT2D eigenvalue weighted by molar-refractivity contribution is 5.92. The van der Waals surface area contributed by atoms with Gasteiger partial charge < -0.3 is 10.6 Å². The van der Waals surface area contributed by atoms with Crippen molar-refractivity contribution in [2.75, 3.05) is 18.4 Å². The molecule has 92 valence electrons. The molecule has 0 spiro atoms. The van der Waals surface area contributed by atoms with Crippen molar-refractivity contribution in [3.05, 3.63) is 29.8 Å². The topological polar surface area (TPSA) is 41.1 Å². The van der Waals surface area contributed by atoms with Crippen molar-refractivity contribution in [3.8, 4) is 0 Å². The maximum atomic E-state index is 11.7. The Morgan fingerprint density at radius 2 is 2.12 bits per heavy atom. The van der Waals surface area contributed by atoms with Gasteiger partial charge in [0.1, 0.15) is 0 Å². The van der Waals surface area contributed by atoms with Crippen LogP contribution in [0.3, 0.4) is 0 Å². The van der Waals surface area contributed by atoms with Crippen LogP contribution in [0.5, 0.6) is 0 Å². The van der Waals surface area contributed by atoms with Gasteiger partial charge in [-0.25, -0.2) is 0 Å². The van der Waals surface area contributed by atoms with Crippen molar-refractivity contribution < 1.29 is 4.79 Å². The predicted octanol–water partition coefficient (Wildman–Crippen LogP) is 2.19. The van der Waals surface area contributed by atoms with E-state index in [2.05, 4.69) is 17.6 Å². The molecular formula is C14H20N2O. The first kappa shape index (κ1) is 12.1. The summed E-state index contributed by atoms with van der Waals surface area (Å²) in [6, 6.07) is 7.96. The molecule has 3 heteroatoms. The van der Waals surface area contributed by atoms with E-state index in [-0.39, 0.29) is 5.91 Å². The Morgan fingerprint density at radius 3 is 2.82 bits per heavy atom. The fraction of sp³-hybridized carbons (Fsp3) is 0.500. The SMILES string of the molecule is CCc1ccccc1NC(=O)CNCC1CC1. The van der Waals surface area contributed by atoms with E-state index in [0.29, 0.717) is 6.54 Å². The number of aryl methyl sites for hydroxylation is 1. The Kier molecular flexibility index (Phi) is 4.15. The fourth-order valence-corrected chi connectivity index (χ4v) is 1.86. The zero-order chi connectivity index (χ0) is 12.1. The molecule has 0 radical (unpaired) electrons. The van der Waals surface area contributed by atoms with Crippen molar-refractivity contribution in [1.29, 1.82) is 0 Å². The van der Waals surface area contributed by atoms with E-state index in [9.17, 15) is 4.79 Å². The van der Waals surface area contributed by atoms with Crippen molar-refractivity contribution >= 4 is 11.6 Å². The summed E-state index contributed by atoms with van der Waals surface area (Å²) in [7, 11) is 0. The first-order valence-corrected chi connectivity index (χ1v) is 6.38. The molecule has 1 fully saturated rings. The second kappa shape index (κ2) is 5.82. The molecule has 0 heterocycles. The van der Waals surface area contributed by atoms with Crippen LogP contribution in [0.1, 0.15) is 25.3 Å². The average Bonchev–Trinajstić information content (AvgIpc) is 3.14. The highest BCUT2D eigenvalue weighted by Crippen LogP contribution is 2.27. The van der Waals surface area contributed by atoms with Gasteiger partial charge in [-0.15, -0.1) is 0 Å². The monoisotopic (exact) mass is 232 g/mol. The Balaban J connectivity index is 1.79. The lowest BCUT2D eigenvalue weighted by Gasteiger charge is -2.10. The number of amides is 1. The Hall–Kier alpha value is -1.35. The summed E-state index contributed by atoms with van der Waals surface area (Å²) in [6.07, 6.45) is 3.56. The summed E-state index contributed by atoms with van der Waals surface area (Å²) in [5.41, 5.74) is 2.12. The quantitative estimate of drug-likeness (QED) is 0.789. The molecule has 17 heavy (non-hydrogen) atoms. The molecule has 1 aliphatic rings. The van der Waals surface area contributed by atoms with Gasteiger partial charge >= 0.3 is 0 Å². The third kappa shape index (κ3) is 3.86. The number of anilines is 1. The first-order chi connectivity index (χ1) is 8.29. The first-order valence-electron chi connectivity index (χ1n) is 6.38. The van der Waals surface area contributed by atoms with E-state index in [0.717, 1.165) is 24.6 Å². The maximum absolute atomic E-state index is 11.7. The number of carbonyl (C=O) groups is 1. The summed E-state index contributed by atoms with van der Waals surface area (Å²) >= 11 is 0. The molecule has 3 nitrogen and oxygen atoms in total. The molecule has 0 unspecified atom stereocenters. The smallest absolute Gasteiger partial charge is 0.238 e. The number of carbonyl (C=O) groups excluding carboxylic acids is 1. The summed E-state index contributed by atoms with van der Waals surface area (Å²) < 4.78 is 0. The van der Waals surface area contributed by atoms with Gasteiger partial charge in [-0.1, -0.05) is 25.1 Å². The molecule has 1 amide bonds. The van der Waals surface area contributed by atoms with Crippen molar-refractivity contribution in [3.63, 3.8) is 0 Å².